The average Bonchev–Trinajstić information content (AvgIpc) is 2.18. The SMILES string of the molecule is CNCC(=O)N[C@H](C)c1cccc(Br)c1. The molecule has 1 aromatic rings. The second-order valence-electron chi connectivity index (χ2n) is 3.37. The molecule has 82 valence electrons. The Morgan fingerprint density at radius 1 is 1.53 bits per heavy atom. The van der Waals surface area contributed by atoms with Crippen molar-refractivity contribution in [3.05, 3.63) is 34.3 Å². The molecule has 0 saturated carbocycles. The van der Waals surface area contributed by atoms with Crippen molar-refractivity contribution >= 4 is 21.8 Å². The number of nitrogens with one attached hydrogen (secondary N) is 2. The molecule has 4 heteroatoms. The maximum Gasteiger partial charge on any atom is 0.234 e. The lowest BCUT2D eigenvalue weighted by atomic mass is 10.1. The van der Waals surface area contributed by atoms with Gasteiger partial charge in [-0.05, 0) is 31.7 Å². The molecular formula is C11H15BrN2O. The first kappa shape index (κ1) is 12.2. The Kier molecular flexibility index (Phi) is 4.78. The fourth-order valence-electron chi connectivity index (χ4n) is 1.31. The summed E-state index contributed by atoms with van der Waals surface area (Å²) in [6, 6.07) is 7.95. The van der Waals surface area contributed by atoms with E-state index in [2.05, 4.69) is 26.6 Å². The van der Waals surface area contributed by atoms with E-state index >= 15 is 0 Å². The lowest BCUT2D eigenvalue weighted by molar-refractivity contribution is -0.120. The van der Waals surface area contributed by atoms with Crippen LogP contribution in [0, 0.1) is 0 Å². The first-order chi connectivity index (χ1) is 7.13. The Hall–Kier alpha value is -0.870. The van der Waals surface area contributed by atoms with Gasteiger partial charge in [-0.1, -0.05) is 28.1 Å². The van der Waals surface area contributed by atoms with Crippen LogP contribution in [-0.2, 0) is 4.79 Å². The van der Waals surface area contributed by atoms with Crippen molar-refractivity contribution in [2.75, 3.05) is 13.6 Å². The van der Waals surface area contributed by atoms with Crippen LogP contribution in [0.1, 0.15) is 18.5 Å². The second kappa shape index (κ2) is 5.88. The third-order valence-corrected chi connectivity index (χ3v) is 2.56. The van der Waals surface area contributed by atoms with Crippen LogP contribution in [0.5, 0.6) is 0 Å². The molecule has 0 unspecified atom stereocenters. The van der Waals surface area contributed by atoms with Crippen LogP contribution in [0.3, 0.4) is 0 Å². The Bertz CT molecular complexity index is 341. The Morgan fingerprint density at radius 2 is 2.27 bits per heavy atom. The first-order valence-corrected chi connectivity index (χ1v) is 5.62. The van der Waals surface area contributed by atoms with Crippen LogP contribution in [0.2, 0.25) is 0 Å². The molecule has 0 spiro atoms. The van der Waals surface area contributed by atoms with Crippen molar-refractivity contribution in [1.82, 2.24) is 10.6 Å². The molecule has 0 aliphatic heterocycles. The molecule has 0 aliphatic carbocycles. The minimum Gasteiger partial charge on any atom is -0.348 e. The fraction of sp³-hybridized carbons (Fsp3) is 0.364. The number of hydrogen-bond acceptors (Lipinski definition) is 2. The van der Waals surface area contributed by atoms with Gasteiger partial charge in [-0.15, -0.1) is 0 Å². The molecule has 0 saturated heterocycles. The summed E-state index contributed by atoms with van der Waals surface area (Å²) in [5.41, 5.74) is 1.09. The minimum atomic E-state index is 0.00461. The van der Waals surface area contributed by atoms with E-state index in [-0.39, 0.29) is 11.9 Å². The molecule has 1 aromatic carbocycles. The van der Waals surface area contributed by atoms with Gasteiger partial charge in [0.15, 0.2) is 0 Å². The summed E-state index contributed by atoms with van der Waals surface area (Å²) in [6.07, 6.45) is 0. The van der Waals surface area contributed by atoms with E-state index in [0.29, 0.717) is 6.54 Å². The highest BCUT2D eigenvalue weighted by atomic mass is 79.9. The van der Waals surface area contributed by atoms with E-state index in [9.17, 15) is 4.79 Å². The summed E-state index contributed by atoms with van der Waals surface area (Å²) in [6.45, 7) is 2.31. The van der Waals surface area contributed by atoms with Gasteiger partial charge in [0.25, 0.3) is 0 Å². The zero-order valence-electron chi connectivity index (χ0n) is 8.88. The third kappa shape index (κ3) is 4.01. The summed E-state index contributed by atoms with van der Waals surface area (Å²) >= 11 is 3.40. The Labute approximate surface area is 98.4 Å². The van der Waals surface area contributed by atoms with E-state index in [0.717, 1.165) is 10.0 Å². The van der Waals surface area contributed by atoms with Crippen LogP contribution < -0.4 is 10.6 Å². The van der Waals surface area contributed by atoms with Gasteiger partial charge in [-0.25, -0.2) is 0 Å². The molecule has 15 heavy (non-hydrogen) atoms. The number of carbonyl (C=O) groups is 1. The molecule has 0 aromatic heterocycles. The molecule has 1 rings (SSSR count). The molecule has 0 fully saturated rings. The quantitative estimate of drug-likeness (QED) is 0.877. The van der Waals surface area contributed by atoms with E-state index in [4.69, 9.17) is 0 Å². The summed E-state index contributed by atoms with van der Waals surface area (Å²) in [5, 5.41) is 5.72. The summed E-state index contributed by atoms with van der Waals surface area (Å²) in [5.74, 6) is 0.00461. The normalized spacial score (nSPS) is 12.2. The number of rotatable bonds is 4. The molecule has 0 heterocycles. The number of benzene rings is 1. The summed E-state index contributed by atoms with van der Waals surface area (Å²) in [7, 11) is 1.75. The average molecular weight is 271 g/mol. The number of hydrogen-bond donors (Lipinski definition) is 2. The predicted molar refractivity (Wildman–Crippen MR) is 64.6 cm³/mol. The fourth-order valence-corrected chi connectivity index (χ4v) is 1.73. The maximum absolute atomic E-state index is 11.3. The number of likely N-dealkylation sites (N-methyl/N-ethyl adjacent to an activating group) is 1. The molecule has 0 radical (unpaired) electrons. The molecule has 0 bridgehead atoms. The van der Waals surface area contributed by atoms with Crippen molar-refractivity contribution < 1.29 is 4.79 Å². The van der Waals surface area contributed by atoms with Crippen molar-refractivity contribution in [2.24, 2.45) is 0 Å². The van der Waals surface area contributed by atoms with Gasteiger partial charge in [0.2, 0.25) is 5.91 Å². The van der Waals surface area contributed by atoms with Crippen molar-refractivity contribution in [3.63, 3.8) is 0 Å². The molecule has 3 nitrogen and oxygen atoms in total. The zero-order chi connectivity index (χ0) is 11.3. The maximum atomic E-state index is 11.3. The van der Waals surface area contributed by atoms with Crippen molar-refractivity contribution in [3.8, 4) is 0 Å². The minimum absolute atomic E-state index is 0.00461. The number of halogens is 1. The van der Waals surface area contributed by atoms with E-state index in [1.165, 1.54) is 0 Å². The standard InChI is InChI=1S/C11H15BrN2O/c1-8(14-11(15)7-13-2)9-4-3-5-10(12)6-9/h3-6,8,13H,7H2,1-2H3,(H,14,15)/t8-/m1/s1. The van der Waals surface area contributed by atoms with Gasteiger partial charge >= 0.3 is 0 Å². The van der Waals surface area contributed by atoms with Gasteiger partial charge in [0, 0.05) is 4.47 Å². The highest BCUT2D eigenvalue weighted by Gasteiger charge is 2.08. The molecular weight excluding hydrogens is 256 g/mol. The molecule has 1 atom stereocenters. The molecule has 0 aliphatic rings. The predicted octanol–water partition coefficient (Wildman–Crippen LogP) is 1.85. The third-order valence-electron chi connectivity index (χ3n) is 2.06. The lowest BCUT2D eigenvalue weighted by Crippen LogP contribution is -2.33. The second-order valence-corrected chi connectivity index (χ2v) is 4.29. The topological polar surface area (TPSA) is 41.1 Å². The van der Waals surface area contributed by atoms with Gasteiger partial charge in [0.1, 0.15) is 0 Å². The van der Waals surface area contributed by atoms with Crippen LogP contribution in [0.25, 0.3) is 0 Å². The van der Waals surface area contributed by atoms with Crippen molar-refractivity contribution in [1.29, 1.82) is 0 Å². The van der Waals surface area contributed by atoms with Crippen LogP contribution in [0.4, 0.5) is 0 Å². The summed E-state index contributed by atoms with van der Waals surface area (Å²) < 4.78 is 1.02. The highest BCUT2D eigenvalue weighted by molar-refractivity contribution is 9.10. The Morgan fingerprint density at radius 3 is 2.87 bits per heavy atom. The van der Waals surface area contributed by atoms with E-state index < -0.39 is 0 Å². The first-order valence-electron chi connectivity index (χ1n) is 4.83. The zero-order valence-corrected chi connectivity index (χ0v) is 10.5. The monoisotopic (exact) mass is 270 g/mol. The molecule has 2 N–H and O–H groups in total. The smallest absolute Gasteiger partial charge is 0.234 e. The van der Waals surface area contributed by atoms with E-state index in [1.54, 1.807) is 7.05 Å². The number of carbonyl (C=O) groups excluding carboxylic acids is 1. The largest absolute Gasteiger partial charge is 0.348 e. The highest BCUT2D eigenvalue weighted by Crippen LogP contribution is 2.17. The van der Waals surface area contributed by atoms with Gasteiger partial charge in [-0.2, -0.15) is 0 Å². The van der Waals surface area contributed by atoms with Gasteiger partial charge < -0.3 is 10.6 Å². The number of amides is 1. The lowest BCUT2D eigenvalue weighted by Gasteiger charge is -2.14. The van der Waals surface area contributed by atoms with Crippen LogP contribution in [0.15, 0.2) is 28.7 Å². The molecule has 1 amide bonds. The van der Waals surface area contributed by atoms with Gasteiger partial charge in [-0.3, -0.25) is 4.79 Å². The van der Waals surface area contributed by atoms with Crippen LogP contribution >= 0.6 is 15.9 Å². The van der Waals surface area contributed by atoms with Crippen LogP contribution in [-0.4, -0.2) is 19.5 Å². The van der Waals surface area contributed by atoms with E-state index in [1.807, 2.05) is 31.2 Å². The summed E-state index contributed by atoms with van der Waals surface area (Å²) in [4.78, 5) is 11.3. The Balaban J connectivity index is 2.60. The van der Waals surface area contributed by atoms with Crippen molar-refractivity contribution in [2.45, 2.75) is 13.0 Å². The van der Waals surface area contributed by atoms with Gasteiger partial charge in [0.05, 0.1) is 12.6 Å².